The highest BCUT2D eigenvalue weighted by Crippen LogP contribution is 2.39. The summed E-state index contributed by atoms with van der Waals surface area (Å²) in [6.07, 6.45) is 6.34. The first-order valence-corrected chi connectivity index (χ1v) is 7.02. The maximum atomic E-state index is 11.8. The Hall–Kier alpha value is -2.15. The highest BCUT2D eigenvalue weighted by molar-refractivity contribution is 5.76. The summed E-state index contributed by atoms with van der Waals surface area (Å²) in [5.41, 5.74) is 3.13. The Morgan fingerprint density at radius 2 is 1.75 bits per heavy atom. The summed E-state index contributed by atoms with van der Waals surface area (Å²) < 4.78 is 0. The molecule has 2 aromatic carbocycles. The van der Waals surface area contributed by atoms with E-state index in [2.05, 4.69) is 43.3 Å². The minimum absolute atomic E-state index is 0.206. The minimum Gasteiger partial charge on any atom is -0.302 e. The van der Waals surface area contributed by atoms with Gasteiger partial charge in [0.1, 0.15) is 6.29 Å². The SMILES string of the molecule is C[C@]1(C=O)c2ccccc2C=C[C@H]1Cc1ccccc1. The number of carbonyl (C=O) groups excluding carboxylic acids is 1. The average Bonchev–Trinajstić information content (AvgIpc) is 2.51. The zero-order chi connectivity index (χ0) is 14.0. The molecule has 0 saturated carbocycles. The normalized spacial score (nSPS) is 24.1. The van der Waals surface area contributed by atoms with E-state index in [-0.39, 0.29) is 5.92 Å². The monoisotopic (exact) mass is 262 g/mol. The van der Waals surface area contributed by atoms with Gasteiger partial charge in [-0.05, 0) is 36.0 Å². The van der Waals surface area contributed by atoms with Gasteiger partial charge < -0.3 is 4.79 Å². The van der Waals surface area contributed by atoms with Gasteiger partial charge in [0.25, 0.3) is 0 Å². The van der Waals surface area contributed by atoms with E-state index >= 15 is 0 Å². The second-order valence-corrected chi connectivity index (χ2v) is 5.64. The standard InChI is InChI=1S/C19H18O/c1-19(14-20)17(13-15-7-3-2-4-8-15)12-11-16-9-5-6-10-18(16)19/h2-12,14,17H,13H2,1H3/t17-,19+/m0/s1. The molecule has 0 N–H and O–H groups in total. The summed E-state index contributed by atoms with van der Waals surface area (Å²) in [6.45, 7) is 2.05. The zero-order valence-corrected chi connectivity index (χ0v) is 11.6. The van der Waals surface area contributed by atoms with E-state index in [1.165, 1.54) is 5.56 Å². The Morgan fingerprint density at radius 1 is 1.05 bits per heavy atom. The molecule has 0 heterocycles. The lowest BCUT2D eigenvalue weighted by atomic mass is 9.66. The van der Waals surface area contributed by atoms with Crippen LogP contribution in [0, 0.1) is 5.92 Å². The summed E-state index contributed by atoms with van der Waals surface area (Å²) in [5, 5.41) is 0. The van der Waals surface area contributed by atoms with Crippen molar-refractivity contribution in [2.75, 3.05) is 0 Å². The van der Waals surface area contributed by atoms with Crippen molar-refractivity contribution in [3.8, 4) is 0 Å². The fraction of sp³-hybridized carbons (Fsp3) is 0.211. The Kier molecular flexibility index (Phi) is 3.27. The fourth-order valence-electron chi connectivity index (χ4n) is 3.05. The van der Waals surface area contributed by atoms with Gasteiger partial charge in [0.05, 0.1) is 5.41 Å². The van der Waals surface area contributed by atoms with Crippen LogP contribution in [0.5, 0.6) is 0 Å². The largest absolute Gasteiger partial charge is 0.302 e. The summed E-state index contributed by atoms with van der Waals surface area (Å²) in [6, 6.07) is 18.6. The predicted molar refractivity (Wildman–Crippen MR) is 82.5 cm³/mol. The maximum Gasteiger partial charge on any atom is 0.130 e. The van der Waals surface area contributed by atoms with Gasteiger partial charge in [-0.1, -0.05) is 66.7 Å². The first-order chi connectivity index (χ1) is 9.74. The number of aldehydes is 1. The lowest BCUT2D eigenvalue weighted by Gasteiger charge is -2.36. The molecular formula is C19H18O. The van der Waals surface area contributed by atoms with E-state index < -0.39 is 5.41 Å². The molecule has 1 nitrogen and oxygen atoms in total. The van der Waals surface area contributed by atoms with Crippen molar-refractivity contribution < 1.29 is 4.79 Å². The summed E-state index contributed by atoms with van der Waals surface area (Å²) >= 11 is 0. The Morgan fingerprint density at radius 3 is 2.50 bits per heavy atom. The van der Waals surface area contributed by atoms with E-state index in [0.29, 0.717) is 0 Å². The lowest BCUT2D eigenvalue weighted by Crippen LogP contribution is -2.36. The van der Waals surface area contributed by atoms with Crippen LogP contribution in [-0.4, -0.2) is 6.29 Å². The third-order valence-corrected chi connectivity index (χ3v) is 4.36. The predicted octanol–water partition coefficient (Wildman–Crippen LogP) is 4.03. The van der Waals surface area contributed by atoms with Gasteiger partial charge in [0, 0.05) is 0 Å². The molecule has 0 spiro atoms. The number of benzene rings is 2. The smallest absolute Gasteiger partial charge is 0.130 e. The molecule has 100 valence electrons. The molecule has 0 bridgehead atoms. The van der Waals surface area contributed by atoms with Crippen molar-refractivity contribution in [3.05, 3.63) is 77.4 Å². The number of carbonyl (C=O) groups is 1. The highest BCUT2D eigenvalue weighted by Gasteiger charge is 2.37. The van der Waals surface area contributed by atoms with Crippen molar-refractivity contribution in [1.29, 1.82) is 0 Å². The second-order valence-electron chi connectivity index (χ2n) is 5.64. The summed E-state index contributed by atoms with van der Waals surface area (Å²) in [7, 11) is 0. The van der Waals surface area contributed by atoms with E-state index in [1.54, 1.807) is 0 Å². The van der Waals surface area contributed by atoms with Crippen molar-refractivity contribution >= 4 is 12.4 Å². The van der Waals surface area contributed by atoms with E-state index in [0.717, 1.165) is 23.8 Å². The molecule has 0 radical (unpaired) electrons. The molecule has 0 unspecified atom stereocenters. The Labute approximate surface area is 120 Å². The molecule has 20 heavy (non-hydrogen) atoms. The summed E-state index contributed by atoms with van der Waals surface area (Å²) in [4.78, 5) is 11.8. The van der Waals surface area contributed by atoms with Crippen LogP contribution in [0.4, 0.5) is 0 Å². The molecule has 0 aliphatic heterocycles. The molecule has 2 aromatic rings. The van der Waals surface area contributed by atoms with Crippen LogP contribution in [0.3, 0.4) is 0 Å². The highest BCUT2D eigenvalue weighted by atomic mass is 16.1. The average molecular weight is 262 g/mol. The van der Waals surface area contributed by atoms with E-state index in [9.17, 15) is 4.79 Å². The van der Waals surface area contributed by atoms with Gasteiger partial charge in [-0.15, -0.1) is 0 Å². The number of rotatable bonds is 3. The lowest BCUT2D eigenvalue weighted by molar-refractivity contribution is -0.113. The minimum atomic E-state index is -0.443. The molecule has 2 atom stereocenters. The Bertz CT molecular complexity index is 642. The molecular weight excluding hydrogens is 244 g/mol. The molecule has 1 aliphatic rings. The zero-order valence-electron chi connectivity index (χ0n) is 11.6. The molecule has 0 amide bonds. The van der Waals surface area contributed by atoms with Gasteiger partial charge in [0.2, 0.25) is 0 Å². The van der Waals surface area contributed by atoms with Crippen LogP contribution in [0.2, 0.25) is 0 Å². The molecule has 0 saturated heterocycles. The van der Waals surface area contributed by atoms with Gasteiger partial charge in [-0.25, -0.2) is 0 Å². The van der Waals surface area contributed by atoms with Gasteiger partial charge >= 0.3 is 0 Å². The van der Waals surface area contributed by atoms with Crippen LogP contribution in [0.1, 0.15) is 23.6 Å². The third kappa shape index (κ3) is 2.09. The number of hydrogen-bond donors (Lipinski definition) is 0. The number of hydrogen-bond acceptors (Lipinski definition) is 1. The van der Waals surface area contributed by atoms with Crippen LogP contribution in [0.15, 0.2) is 60.7 Å². The molecule has 3 rings (SSSR count). The first-order valence-electron chi connectivity index (χ1n) is 7.02. The van der Waals surface area contributed by atoms with Crippen LogP contribution >= 0.6 is 0 Å². The second kappa shape index (κ2) is 5.09. The van der Waals surface area contributed by atoms with Crippen molar-refractivity contribution in [3.63, 3.8) is 0 Å². The number of fused-ring (bicyclic) bond motifs is 1. The van der Waals surface area contributed by atoms with Crippen molar-refractivity contribution in [2.45, 2.75) is 18.8 Å². The van der Waals surface area contributed by atoms with E-state index in [4.69, 9.17) is 0 Å². The topological polar surface area (TPSA) is 17.1 Å². The molecule has 0 aromatic heterocycles. The molecule has 0 fully saturated rings. The quantitative estimate of drug-likeness (QED) is 0.763. The van der Waals surface area contributed by atoms with Crippen LogP contribution < -0.4 is 0 Å². The van der Waals surface area contributed by atoms with Crippen molar-refractivity contribution in [1.82, 2.24) is 0 Å². The van der Waals surface area contributed by atoms with Crippen LogP contribution in [0.25, 0.3) is 6.08 Å². The van der Waals surface area contributed by atoms with Crippen LogP contribution in [-0.2, 0) is 16.6 Å². The van der Waals surface area contributed by atoms with Gasteiger partial charge in [-0.2, -0.15) is 0 Å². The maximum absolute atomic E-state index is 11.8. The molecule has 1 heteroatoms. The third-order valence-electron chi connectivity index (χ3n) is 4.36. The van der Waals surface area contributed by atoms with Gasteiger partial charge in [-0.3, -0.25) is 0 Å². The first kappa shape index (κ1) is 12.9. The number of allylic oxidation sites excluding steroid dienone is 1. The van der Waals surface area contributed by atoms with Gasteiger partial charge in [0.15, 0.2) is 0 Å². The molecule has 1 aliphatic carbocycles. The summed E-state index contributed by atoms with van der Waals surface area (Å²) in [5.74, 6) is 0.206. The fourth-order valence-corrected chi connectivity index (χ4v) is 3.05. The van der Waals surface area contributed by atoms with Crippen molar-refractivity contribution in [2.24, 2.45) is 5.92 Å². The Balaban J connectivity index is 1.99. The van der Waals surface area contributed by atoms with E-state index in [1.807, 2.05) is 30.3 Å².